The Kier molecular flexibility index (Phi) is 10.8. The summed E-state index contributed by atoms with van der Waals surface area (Å²) in [7, 11) is 2.34. The summed E-state index contributed by atoms with van der Waals surface area (Å²) in [6.07, 6.45) is 1.11. The first-order chi connectivity index (χ1) is 8.02. The predicted molar refractivity (Wildman–Crippen MR) is 85.4 cm³/mol. The Morgan fingerprint density at radius 2 is 1.37 bits per heavy atom. The van der Waals surface area contributed by atoms with Gasteiger partial charge in [-0.3, -0.25) is 4.90 Å². The Balaban J connectivity index is 0. The van der Waals surface area contributed by atoms with Crippen LogP contribution in [-0.4, -0.2) is 41.3 Å². The Bertz CT molecular complexity index is 309. The summed E-state index contributed by atoms with van der Waals surface area (Å²) in [6.45, 7) is 11.4. The third-order valence-electron chi connectivity index (χ3n) is 3.20. The molecule has 0 heterocycles. The Morgan fingerprint density at radius 3 is 1.79 bits per heavy atom. The molecule has 1 unspecified atom stereocenters. The van der Waals surface area contributed by atoms with Gasteiger partial charge in [0.1, 0.15) is 0 Å². The van der Waals surface area contributed by atoms with E-state index in [0.29, 0.717) is 18.1 Å². The van der Waals surface area contributed by atoms with Crippen LogP contribution in [0.25, 0.3) is 0 Å². The van der Waals surface area contributed by atoms with Crippen LogP contribution >= 0.6 is 0 Å². The fourth-order valence-corrected chi connectivity index (χ4v) is 2.63. The van der Waals surface area contributed by atoms with Crippen molar-refractivity contribution in [3.8, 4) is 0 Å². The summed E-state index contributed by atoms with van der Waals surface area (Å²) in [5.41, 5.74) is 1.33. The zero-order chi connectivity index (χ0) is 12.8. The van der Waals surface area contributed by atoms with Crippen molar-refractivity contribution in [2.45, 2.75) is 59.1 Å². The van der Waals surface area contributed by atoms with Gasteiger partial charge < -0.3 is 11.0 Å². The molecule has 0 bridgehead atoms. The van der Waals surface area contributed by atoms with Gasteiger partial charge in [-0.25, -0.2) is 0 Å². The second kappa shape index (κ2) is 10.0. The van der Waals surface area contributed by atoms with E-state index >= 15 is 0 Å². The average molecular weight is 266 g/mol. The summed E-state index contributed by atoms with van der Waals surface area (Å²) in [4.78, 5) is 2.57. The van der Waals surface area contributed by atoms with Crippen molar-refractivity contribution in [1.29, 1.82) is 0 Å². The molecule has 0 aliphatic heterocycles. The maximum Gasteiger partial charge on any atom is 0.153 e. The third kappa shape index (κ3) is 6.76. The molecule has 0 amide bonds. The fourth-order valence-electron chi connectivity index (χ4n) is 2.63. The Labute approximate surface area is 118 Å². The van der Waals surface area contributed by atoms with Crippen LogP contribution in [0.1, 0.15) is 34.6 Å². The van der Waals surface area contributed by atoms with Crippen LogP contribution in [0, 0.1) is 0 Å². The molecule has 1 aromatic carbocycles. The molecule has 0 fully saturated rings. The monoisotopic (exact) mass is 266 g/mol. The van der Waals surface area contributed by atoms with E-state index in [2.05, 4.69) is 77.1 Å². The molecule has 0 aromatic heterocycles. The molecule has 1 atom stereocenters. The van der Waals surface area contributed by atoms with Crippen molar-refractivity contribution in [2.24, 2.45) is 0 Å². The molecule has 109 valence electrons. The first-order valence-corrected chi connectivity index (χ1v) is 6.68. The lowest BCUT2D eigenvalue weighted by molar-refractivity contribution is 0.133. The van der Waals surface area contributed by atoms with Crippen LogP contribution in [0.5, 0.6) is 0 Å². The lowest BCUT2D eigenvalue weighted by Crippen LogP contribution is -2.44. The highest BCUT2D eigenvalue weighted by Gasteiger charge is 2.19. The van der Waals surface area contributed by atoms with Crippen molar-refractivity contribution in [2.75, 3.05) is 0 Å². The van der Waals surface area contributed by atoms with Gasteiger partial charge in [0.05, 0.1) is 0 Å². The number of benzene rings is 1. The molecule has 1 aromatic rings. The first-order valence-electron chi connectivity index (χ1n) is 6.68. The van der Waals surface area contributed by atoms with E-state index in [4.69, 9.17) is 0 Å². The standard InChI is InChI=1S/C15H25BN.2H2O/c1-12(2)17(13(3)4)14(5)11-16-15-9-7-6-8-10-15;;/h6-10,12-14H,11H2,1-5H3;2*1H2. The van der Waals surface area contributed by atoms with Crippen LogP contribution in [-0.2, 0) is 0 Å². The highest BCUT2D eigenvalue weighted by atomic mass is 16.0. The molecule has 3 nitrogen and oxygen atoms in total. The van der Waals surface area contributed by atoms with Gasteiger partial charge in [-0.05, 0) is 27.7 Å². The molecule has 0 aliphatic carbocycles. The van der Waals surface area contributed by atoms with Crippen molar-refractivity contribution < 1.29 is 11.0 Å². The fraction of sp³-hybridized carbons (Fsp3) is 0.600. The molecular weight excluding hydrogens is 237 g/mol. The van der Waals surface area contributed by atoms with Crippen molar-refractivity contribution >= 4 is 12.7 Å². The summed E-state index contributed by atoms with van der Waals surface area (Å²) in [6, 6.07) is 12.4. The zero-order valence-corrected chi connectivity index (χ0v) is 12.9. The normalized spacial score (nSPS) is 12.0. The number of nitrogens with zero attached hydrogens (tertiary/aromatic N) is 1. The lowest BCUT2D eigenvalue weighted by atomic mass is 9.65. The number of hydrogen-bond donors (Lipinski definition) is 0. The van der Waals surface area contributed by atoms with Crippen molar-refractivity contribution in [3.05, 3.63) is 30.3 Å². The maximum absolute atomic E-state index is 2.57. The molecule has 4 heteroatoms. The smallest absolute Gasteiger partial charge is 0.153 e. The highest BCUT2D eigenvalue weighted by molar-refractivity contribution is 6.53. The topological polar surface area (TPSA) is 66.2 Å². The lowest BCUT2D eigenvalue weighted by Gasteiger charge is -2.36. The summed E-state index contributed by atoms with van der Waals surface area (Å²) in [5.74, 6) is 0. The van der Waals surface area contributed by atoms with E-state index in [-0.39, 0.29) is 11.0 Å². The minimum Gasteiger partial charge on any atom is -0.412 e. The molecular formula is C15H29BNO2. The summed E-state index contributed by atoms with van der Waals surface area (Å²) < 4.78 is 0. The van der Waals surface area contributed by atoms with Crippen molar-refractivity contribution in [3.63, 3.8) is 0 Å². The van der Waals surface area contributed by atoms with Gasteiger partial charge in [-0.15, -0.1) is 0 Å². The molecule has 1 radical (unpaired) electrons. The van der Waals surface area contributed by atoms with Crippen LogP contribution in [0.15, 0.2) is 30.3 Å². The van der Waals surface area contributed by atoms with E-state index in [1.807, 2.05) is 0 Å². The van der Waals surface area contributed by atoms with E-state index < -0.39 is 0 Å². The quantitative estimate of drug-likeness (QED) is 0.715. The predicted octanol–water partition coefficient (Wildman–Crippen LogP) is 1.29. The summed E-state index contributed by atoms with van der Waals surface area (Å²) >= 11 is 0. The molecule has 0 aliphatic rings. The minimum atomic E-state index is 0. The van der Waals surface area contributed by atoms with Gasteiger partial charge in [0.25, 0.3) is 0 Å². The van der Waals surface area contributed by atoms with E-state index in [9.17, 15) is 0 Å². The maximum atomic E-state index is 2.57. The minimum absolute atomic E-state index is 0. The number of rotatable bonds is 6. The Hall–Kier alpha value is -0.835. The largest absolute Gasteiger partial charge is 0.412 e. The second-order valence-corrected chi connectivity index (χ2v) is 5.33. The molecule has 4 N–H and O–H groups in total. The highest BCUT2D eigenvalue weighted by Crippen LogP contribution is 2.13. The third-order valence-corrected chi connectivity index (χ3v) is 3.20. The van der Waals surface area contributed by atoms with E-state index in [1.165, 1.54) is 5.46 Å². The summed E-state index contributed by atoms with van der Waals surface area (Å²) in [5, 5.41) is 0. The molecule has 0 spiro atoms. The van der Waals surface area contributed by atoms with Gasteiger partial charge in [-0.2, -0.15) is 0 Å². The van der Waals surface area contributed by atoms with Gasteiger partial charge in [0, 0.05) is 18.1 Å². The van der Waals surface area contributed by atoms with E-state index in [1.54, 1.807) is 0 Å². The van der Waals surface area contributed by atoms with Gasteiger partial charge in [0.15, 0.2) is 7.28 Å². The molecule has 19 heavy (non-hydrogen) atoms. The van der Waals surface area contributed by atoms with Crippen LogP contribution < -0.4 is 5.46 Å². The molecule has 0 saturated carbocycles. The Morgan fingerprint density at radius 1 is 0.895 bits per heavy atom. The van der Waals surface area contributed by atoms with Crippen molar-refractivity contribution in [1.82, 2.24) is 4.90 Å². The van der Waals surface area contributed by atoms with Gasteiger partial charge in [-0.1, -0.05) is 49.0 Å². The molecule has 0 saturated heterocycles. The zero-order valence-electron chi connectivity index (χ0n) is 12.9. The first kappa shape index (κ1) is 20.5. The SMILES string of the molecule is CC(C)N(C(C)C)C(C)C[B]c1ccccc1.O.O. The van der Waals surface area contributed by atoms with Gasteiger partial charge >= 0.3 is 0 Å². The average Bonchev–Trinajstić information content (AvgIpc) is 2.27. The molecule has 1 rings (SSSR count). The van der Waals surface area contributed by atoms with E-state index in [0.717, 1.165) is 6.32 Å². The van der Waals surface area contributed by atoms with Crippen LogP contribution in [0.3, 0.4) is 0 Å². The van der Waals surface area contributed by atoms with Crippen LogP contribution in [0.4, 0.5) is 0 Å². The van der Waals surface area contributed by atoms with Gasteiger partial charge in [0.2, 0.25) is 0 Å². The number of hydrogen-bond acceptors (Lipinski definition) is 1. The second-order valence-electron chi connectivity index (χ2n) is 5.33. The van der Waals surface area contributed by atoms with Crippen LogP contribution in [0.2, 0.25) is 6.32 Å².